The van der Waals surface area contributed by atoms with Gasteiger partial charge in [0.15, 0.2) is 0 Å². The van der Waals surface area contributed by atoms with Crippen molar-refractivity contribution in [1.82, 2.24) is 0 Å². The molecule has 1 unspecified atom stereocenters. The molecule has 1 aliphatic rings. The average molecular weight is 247 g/mol. The Hall–Kier alpha value is -0.860. The second-order valence-corrected chi connectivity index (χ2v) is 5.99. The Morgan fingerprint density at radius 2 is 1.67 bits per heavy atom. The van der Waals surface area contributed by atoms with Crippen LogP contribution in [0.25, 0.3) is 0 Å². The van der Waals surface area contributed by atoms with E-state index in [2.05, 4.69) is 32.9 Å². The van der Waals surface area contributed by atoms with Crippen LogP contribution in [0.3, 0.4) is 0 Å². The maximum atomic E-state index is 10.8. The lowest BCUT2D eigenvalue weighted by atomic mass is 9.75. The average Bonchev–Trinajstić information content (AvgIpc) is 2.77. The maximum absolute atomic E-state index is 10.8. The van der Waals surface area contributed by atoms with E-state index in [1.807, 2.05) is 0 Å². The zero-order chi connectivity index (χ0) is 13.3. The molecule has 0 heterocycles. The molecule has 1 aliphatic carbocycles. The molecule has 2 heteroatoms. The predicted molar refractivity (Wildman–Crippen MR) is 75.6 cm³/mol. The number of hydrogen-bond acceptors (Lipinski definition) is 2. The molecule has 2 nitrogen and oxygen atoms in total. The van der Waals surface area contributed by atoms with Crippen LogP contribution < -0.4 is 5.73 Å². The van der Waals surface area contributed by atoms with Crippen LogP contribution in [0.4, 0.5) is 0 Å². The summed E-state index contributed by atoms with van der Waals surface area (Å²) in [5.41, 5.74) is 10.6. The van der Waals surface area contributed by atoms with Crippen LogP contribution in [-0.4, -0.2) is 11.7 Å². The first kappa shape index (κ1) is 13.6. The molecule has 2 rings (SSSR count). The number of aliphatic hydroxyl groups excluding tert-OH is 1. The van der Waals surface area contributed by atoms with Gasteiger partial charge in [-0.25, -0.2) is 0 Å². The number of aliphatic hydroxyl groups is 1. The van der Waals surface area contributed by atoms with Gasteiger partial charge < -0.3 is 10.8 Å². The molecule has 0 amide bonds. The van der Waals surface area contributed by atoms with Gasteiger partial charge in [-0.3, -0.25) is 0 Å². The Kier molecular flexibility index (Phi) is 3.79. The van der Waals surface area contributed by atoms with Crippen molar-refractivity contribution < 1.29 is 5.11 Å². The third-order valence-corrected chi connectivity index (χ3v) is 4.60. The number of benzene rings is 1. The Bertz CT molecular complexity index is 410. The van der Waals surface area contributed by atoms with Crippen molar-refractivity contribution in [3.8, 4) is 0 Å². The molecule has 18 heavy (non-hydrogen) atoms. The summed E-state index contributed by atoms with van der Waals surface area (Å²) >= 11 is 0. The molecule has 1 aromatic carbocycles. The maximum Gasteiger partial charge on any atom is 0.0863 e. The number of aryl methyl sites for hydroxylation is 3. The summed E-state index contributed by atoms with van der Waals surface area (Å²) in [5, 5.41) is 10.8. The molecule has 1 saturated carbocycles. The van der Waals surface area contributed by atoms with E-state index >= 15 is 0 Å². The Morgan fingerprint density at radius 1 is 1.17 bits per heavy atom. The van der Waals surface area contributed by atoms with E-state index in [4.69, 9.17) is 5.73 Å². The Balaban J connectivity index is 2.42. The second-order valence-electron chi connectivity index (χ2n) is 5.99. The summed E-state index contributed by atoms with van der Waals surface area (Å²) in [7, 11) is 0. The van der Waals surface area contributed by atoms with Crippen LogP contribution in [0.15, 0.2) is 12.1 Å². The largest absolute Gasteiger partial charge is 0.388 e. The molecule has 100 valence electrons. The minimum atomic E-state index is -0.411. The highest BCUT2D eigenvalue weighted by atomic mass is 16.3. The lowest BCUT2D eigenvalue weighted by molar-refractivity contribution is 0.0324. The predicted octanol–water partition coefficient (Wildman–Crippen LogP) is 3.16. The summed E-state index contributed by atoms with van der Waals surface area (Å²) in [6.45, 7) is 6.88. The highest BCUT2D eigenvalue weighted by Crippen LogP contribution is 2.48. The first-order valence-electron chi connectivity index (χ1n) is 6.96. The number of hydrogen-bond donors (Lipinski definition) is 2. The van der Waals surface area contributed by atoms with Crippen LogP contribution in [0, 0.1) is 26.2 Å². The lowest BCUT2D eigenvalue weighted by Gasteiger charge is -2.35. The summed E-state index contributed by atoms with van der Waals surface area (Å²) in [5.74, 6) is 0. The number of nitrogens with two attached hydrogens (primary N) is 1. The first-order chi connectivity index (χ1) is 8.50. The third-order valence-electron chi connectivity index (χ3n) is 4.60. The van der Waals surface area contributed by atoms with E-state index < -0.39 is 6.10 Å². The van der Waals surface area contributed by atoms with Crippen LogP contribution in [0.5, 0.6) is 0 Å². The normalized spacial score (nSPS) is 20.1. The standard InChI is InChI=1S/C16H25NO/c1-11-8-12(2)14(13(3)9-11)15(18)16(10-17)6-4-5-7-16/h8-9,15,18H,4-7,10,17H2,1-3H3. The van der Waals surface area contributed by atoms with E-state index in [1.165, 1.54) is 29.5 Å². The van der Waals surface area contributed by atoms with E-state index in [0.29, 0.717) is 6.54 Å². The van der Waals surface area contributed by atoms with Gasteiger partial charge in [0.25, 0.3) is 0 Å². The quantitative estimate of drug-likeness (QED) is 0.862. The SMILES string of the molecule is Cc1cc(C)c(C(O)C2(CN)CCCC2)c(C)c1. The van der Waals surface area contributed by atoms with Gasteiger partial charge in [0.05, 0.1) is 6.10 Å². The summed E-state index contributed by atoms with van der Waals surface area (Å²) in [4.78, 5) is 0. The molecule has 0 aliphatic heterocycles. The van der Waals surface area contributed by atoms with Crippen LogP contribution in [0.1, 0.15) is 54.0 Å². The third kappa shape index (κ3) is 2.19. The fraction of sp³-hybridized carbons (Fsp3) is 0.625. The van der Waals surface area contributed by atoms with Gasteiger partial charge in [-0.15, -0.1) is 0 Å². The molecular formula is C16H25NO. The topological polar surface area (TPSA) is 46.2 Å². The van der Waals surface area contributed by atoms with Gasteiger partial charge in [0.2, 0.25) is 0 Å². The van der Waals surface area contributed by atoms with Gasteiger partial charge in [-0.05, 0) is 50.3 Å². The molecule has 1 aromatic rings. The van der Waals surface area contributed by atoms with Gasteiger partial charge in [0, 0.05) is 12.0 Å². The lowest BCUT2D eigenvalue weighted by Crippen LogP contribution is -2.34. The monoisotopic (exact) mass is 247 g/mol. The zero-order valence-electron chi connectivity index (χ0n) is 11.8. The Morgan fingerprint density at radius 3 is 2.11 bits per heavy atom. The van der Waals surface area contributed by atoms with E-state index in [-0.39, 0.29) is 5.41 Å². The van der Waals surface area contributed by atoms with E-state index in [9.17, 15) is 5.11 Å². The van der Waals surface area contributed by atoms with Crippen molar-refractivity contribution in [3.05, 3.63) is 34.4 Å². The van der Waals surface area contributed by atoms with E-state index in [1.54, 1.807) is 0 Å². The van der Waals surface area contributed by atoms with Gasteiger partial charge in [0.1, 0.15) is 0 Å². The minimum Gasteiger partial charge on any atom is -0.388 e. The van der Waals surface area contributed by atoms with Gasteiger partial charge >= 0.3 is 0 Å². The highest BCUT2D eigenvalue weighted by molar-refractivity contribution is 5.40. The Labute approximate surface area is 110 Å². The van der Waals surface area contributed by atoms with Gasteiger partial charge in [-0.2, -0.15) is 0 Å². The van der Waals surface area contributed by atoms with Crippen molar-refractivity contribution in [3.63, 3.8) is 0 Å². The summed E-state index contributed by atoms with van der Waals surface area (Å²) in [6, 6.07) is 4.31. The zero-order valence-corrected chi connectivity index (χ0v) is 11.8. The molecule has 3 N–H and O–H groups in total. The molecular weight excluding hydrogens is 222 g/mol. The van der Waals surface area contributed by atoms with Crippen molar-refractivity contribution in [1.29, 1.82) is 0 Å². The molecule has 0 radical (unpaired) electrons. The van der Waals surface area contributed by atoms with Crippen molar-refractivity contribution in [2.24, 2.45) is 11.1 Å². The molecule has 0 saturated heterocycles. The van der Waals surface area contributed by atoms with Gasteiger partial charge in [-0.1, -0.05) is 30.5 Å². The highest BCUT2D eigenvalue weighted by Gasteiger charge is 2.41. The van der Waals surface area contributed by atoms with Crippen LogP contribution in [0.2, 0.25) is 0 Å². The molecule has 0 bridgehead atoms. The van der Waals surface area contributed by atoms with Crippen molar-refractivity contribution >= 4 is 0 Å². The molecule has 1 fully saturated rings. The number of rotatable bonds is 3. The van der Waals surface area contributed by atoms with Crippen LogP contribution >= 0.6 is 0 Å². The smallest absolute Gasteiger partial charge is 0.0863 e. The molecule has 0 aromatic heterocycles. The van der Waals surface area contributed by atoms with Crippen molar-refractivity contribution in [2.45, 2.75) is 52.6 Å². The fourth-order valence-electron chi connectivity index (χ4n) is 3.60. The fourth-order valence-corrected chi connectivity index (χ4v) is 3.60. The molecule has 0 spiro atoms. The van der Waals surface area contributed by atoms with Crippen LogP contribution in [-0.2, 0) is 0 Å². The summed E-state index contributed by atoms with van der Waals surface area (Å²) < 4.78 is 0. The molecule has 1 atom stereocenters. The van der Waals surface area contributed by atoms with Crippen molar-refractivity contribution in [2.75, 3.05) is 6.54 Å². The minimum absolute atomic E-state index is 0.0925. The van der Waals surface area contributed by atoms with E-state index in [0.717, 1.165) is 18.4 Å². The summed E-state index contributed by atoms with van der Waals surface area (Å²) in [6.07, 6.45) is 4.08. The first-order valence-corrected chi connectivity index (χ1v) is 6.96. The second kappa shape index (κ2) is 5.02.